The minimum absolute atomic E-state index is 0.00808. The molecule has 1 saturated heterocycles. The normalized spacial score (nSPS) is 14.4. The molecule has 3 rings (SSSR count). The maximum Gasteiger partial charge on any atom is 0.335 e. The Morgan fingerprint density at radius 2 is 1.94 bits per heavy atom. The molecular weight excluding hydrogens is 442 g/mol. The van der Waals surface area contributed by atoms with Gasteiger partial charge in [-0.05, 0) is 42.3 Å². The largest absolute Gasteiger partial charge is 0.493 e. The van der Waals surface area contributed by atoms with Gasteiger partial charge in [-0.15, -0.1) is 13.0 Å². The first-order chi connectivity index (χ1) is 16.3. The molecule has 0 radical (unpaired) electrons. The molecule has 0 bridgehead atoms. The number of amides is 4. The van der Waals surface area contributed by atoms with Gasteiger partial charge in [-0.2, -0.15) is 0 Å². The van der Waals surface area contributed by atoms with Crippen LogP contribution in [0.15, 0.2) is 54.6 Å². The molecular formula is C24H19N3O7. The smallest absolute Gasteiger partial charge is 0.335 e. The van der Waals surface area contributed by atoms with Gasteiger partial charge in [0.15, 0.2) is 11.5 Å². The predicted octanol–water partition coefficient (Wildman–Crippen LogP) is 3.01. The van der Waals surface area contributed by atoms with Crippen molar-refractivity contribution in [2.75, 3.05) is 18.6 Å². The van der Waals surface area contributed by atoms with E-state index in [2.05, 4.69) is 17.8 Å². The molecule has 10 nitrogen and oxygen atoms in total. The molecule has 1 heterocycles. The summed E-state index contributed by atoms with van der Waals surface area (Å²) in [5.41, 5.74) is 0.618. The summed E-state index contributed by atoms with van der Waals surface area (Å²) in [5, 5.41) is 13.0. The number of terminal acetylenes is 1. The molecule has 34 heavy (non-hydrogen) atoms. The van der Waals surface area contributed by atoms with Crippen LogP contribution in [0, 0.1) is 22.5 Å². The number of carbonyl (C=O) groups is 3. The molecule has 2 aromatic carbocycles. The number of hydrogen-bond acceptors (Lipinski definition) is 7. The number of benzene rings is 2. The number of nitrogens with one attached hydrogen (secondary N) is 1. The van der Waals surface area contributed by atoms with Crippen molar-refractivity contribution < 1.29 is 28.8 Å². The van der Waals surface area contributed by atoms with Crippen LogP contribution < -0.4 is 19.7 Å². The van der Waals surface area contributed by atoms with Crippen LogP contribution in [0.1, 0.15) is 11.1 Å². The molecule has 0 aliphatic carbocycles. The van der Waals surface area contributed by atoms with Crippen molar-refractivity contribution in [3.63, 3.8) is 0 Å². The Balaban J connectivity index is 2.04. The Morgan fingerprint density at radius 1 is 1.24 bits per heavy atom. The summed E-state index contributed by atoms with van der Waals surface area (Å²) < 4.78 is 11.0. The molecule has 0 unspecified atom stereocenters. The second-order valence-corrected chi connectivity index (χ2v) is 6.93. The van der Waals surface area contributed by atoms with Gasteiger partial charge in [0.1, 0.15) is 12.2 Å². The van der Waals surface area contributed by atoms with Crippen molar-refractivity contribution in [3.05, 3.63) is 75.9 Å². The first-order valence-electron chi connectivity index (χ1n) is 9.84. The van der Waals surface area contributed by atoms with Gasteiger partial charge in [0.05, 0.1) is 17.7 Å². The lowest BCUT2D eigenvalue weighted by atomic mass is 10.0. The molecule has 1 aliphatic rings. The number of urea groups is 1. The summed E-state index contributed by atoms with van der Waals surface area (Å²) in [7, 11) is 1.43. The number of allylic oxidation sites excluding steroid dienone is 1. The van der Waals surface area contributed by atoms with Crippen LogP contribution in [0.3, 0.4) is 0 Å². The molecule has 1 aliphatic heterocycles. The van der Waals surface area contributed by atoms with E-state index in [9.17, 15) is 24.5 Å². The summed E-state index contributed by atoms with van der Waals surface area (Å²) in [6.45, 7) is 3.72. The van der Waals surface area contributed by atoms with Crippen molar-refractivity contribution in [2.24, 2.45) is 0 Å². The summed E-state index contributed by atoms with van der Waals surface area (Å²) in [6, 6.07) is 7.05. The number of nitro groups is 1. The van der Waals surface area contributed by atoms with Crippen molar-refractivity contribution in [2.45, 2.75) is 6.42 Å². The number of nitro benzene ring substituents is 1. The number of anilines is 1. The van der Waals surface area contributed by atoms with Crippen LogP contribution in [-0.2, 0) is 16.0 Å². The molecule has 10 heteroatoms. The lowest BCUT2D eigenvalue weighted by Gasteiger charge is -2.26. The van der Waals surface area contributed by atoms with Crippen molar-refractivity contribution >= 4 is 35.3 Å². The monoisotopic (exact) mass is 461 g/mol. The zero-order valence-electron chi connectivity index (χ0n) is 18.1. The molecule has 0 atom stereocenters. The van der Waals surface area contributed by atoms with Crippen molar-refractivity contribution in [3.8, 4) is 23.8 Å². The van der Waals surface area contributed by atoms with Gasteiger partial charge in [-0.3, -0.25) is 25.0 Å². The van der Waals surface area contributed by atoms with Crippen LogP contribution >= 0.6 is 0 Å². The Kier molecular flexibility index (Phi) is 7.08. The van der Waals surface area contributed by atoms with E-state index in [1.165, 1.54) is 25.3 Å². The first-order valence-corrected chi connectivity index (χ1v) is 9.84. The molecule has 1 N–H and O–H groups in total. The number of methoxy groups -OCH3 is 1. The molecule has 172 valence electrons. The first kappa shape index (κ1) is 23.7. The molecule has 0 aromatic heterocycles. The van der Waals surface area contributed by atoms with Crippen LogP contribution in [0.4, 0.5) is 16.2 Å². The standard InChI is InChI=1S/C24H19N3O7/c1-4-6-16-12-15(14-20(33-3)21(16)34-11-5-2)13-19-22(28)25-24(30)26(23(19)29)17-7-9-18(10-8-17)27(31)32/h2,4,7-10,12-14H,1,6,11H2,3H3,(H,25,28,30)/b19-13+. The fourth-order valence-corrected chi connectivity index (χ4v) is 3.29. The molecule has 0 saturated carbocycles. The van der Waals surface area contributed by atoms with Gasteiger partial charge < -0.3 is 9.47 Å². The van der Waals surface area contributed by atoms with Crippen LogP contribution in [-0.4, -0.2) is 36.5 Å². The van der Waals surface area contributed by atoms with E-state index in [0.717, 1.165) is 17.0 Å². The van der Waals surface area contributed by atoms with Crippen LogP contribution in [0.5, 0.6) is 11.5 Å². The van der Waals surface area contributed by atoms with Gasteiger partial charge in [0.25, 0.3) is 17.5 Å². The molecule has 0 spiro atoms. The highest BCUT2D eigenvalue weighted by Gasteiger charge is 2.37. The van der Waals surface area contributed by atoms with Gasteiger partial charge in [-0.25, -0.2) is 9.69 Å². The quantitative estimate of drug-likeness (QED) is 0.160. The SMILES string of the molecule is C#CCOc1c(CC=C)cc(/C=C2\C(=O)NC(=O)N(c3ccc([N+](=O)[O-])cc3)C2=O)cc1OC. The second-order valence-electron chi connectivity index (χ2n) is 6.93. The second kappa shape index (κ2) is 10.1. The van der Waals surface area contributed by atoms with E-state index in [4.69, 9.17) is 15.9 Å². The third kappa shape index (κ3) is 4.78. The van der Waals surface area contributed by atoms with E-state index in [1.54, 1.807) is 18.2 Å². The average molecular weight is 461 g/mol. The van der Waals surface area contributed by atoms with Gasteiger partial charge >= 0.3 is 6.03 Å². The fraction of sp³-hybridized carbons (Fsp3) is 0.125. The van der Waals surface area contributed by atoms with E-state index >= 15 is 0 Å². The summed E-state index contributed by atoms with van der Waals surface area (Å²) in [4.78, 5) is 48.9. The van der Waals surface area contributed by atoms with Gasteiger partial charge in [0.2, 0.25) is 0 Å². The highest BCUT2D eigenvalue weighted by Crippen LogP contribution is 2.35. The zero-order chi connectivity index (χ0) is 24.8. The van der Waals surface area contributed by atoms with Crippen molar-refractivity contribution in [1.82, 2.24) is 5.32 Å². The van der Waals surface area contributed by atoms with E-state index in [1.807, 2.05) is 0 Å². The number of hydrogen-bond donors (Lipinski definition) is 1. The minimum Gasteiger partial charge on any atom is -0.493 e. The highest BCUT2D eigenvalue weighted by atomic mass is 16.6. The Hall–Kier alpha value is -4.91. The Bertz CT molecular complexity index is 1260. The highest BCUT2D eigenvalue weighted by molar-refractivity contribution is 6.39. The zero-order valence-corrected chi connectivity index (χ0v) is 18.1. The summed E-state index contributed by atoms with van der Waals surface area (Å²) in [6.07, 6.45) is 8.62. The minimum atomic E-state index is -0.969. The fourth-order valence-electron chi connectivity index (χ4n) is 3.29. The maximum atomic E-state index is 13.1. The van der Waals surface area contributed by atoms with Crippen LogP contribution in [0.2, 0.25) is 0 Å². The third-order valence-corrected chi connectivity index (χ3v) is 4.77. The number of nitrogens with zero attached hydrogens (tertiary/aromatic N) is 2. The number of barbiturate groups is 1. The maximum absolute atomic E-state index is 13.1. The lowest BCUT2D eigenvalue weighted by molar-refractivity contribution is -0.384. The number of non-ortho nitro benzene ring substituents is 1. The van der Waals surface area contributed by atoms with Gasteiger partial charge in [-0.1, -0.05) is 12.0 Å². The van der Waals surface area contributed by atoms with E-state index < -0.39 is 22.8 Å². The van der Waals surface area contributed by atoms with Gasteiger partial charge in [0, 0.05) is 17.7 Å². The van der Waals surface area contributed by atoms with Crippen LogP contribution in [0.25, 0.3) is 6.08 Å². The topological polar surface area (TPSA) is 128 Å². The van der Waals surface area contributed by atoms with Crippen molar-refractivity contribution in [1.29, 1.82) is 0 Å². The molecule has 1 fully saturated rings. The number of carbonyl (C=O) groups excluding carboxylic acids is 3. The average Bonchev–Trinajstić information content (AvgIpc) is 2.81. The number of imide groups is 2. The number of rotatable bonds is 8. The van der Waals surface area contributed by atoms with E-state index in [0.29, 0.717) is 29.0 Å². The molecule has 4 amide bonds. The Labute approximate surface area is 194 Å². The third-order valence-electron chi connectivity index (χ3n) is 4.77. The summed E-state index contributed by atoms with van der Waals surface area (Å²) in [5.74, 6) is 1.34. The number of ether oxygens (including phenoxy) is 2. The Morgan fingerprint density at radius 3 is 2.53 bits per heavy atom. The van der Waals surface area contributed by atoms with E-state index in [-0.39, 0.29) is 23.6 Å². The molecule has 2 aromatic rings. The lowest BCUT2D eigenvalue weighted by Crippen LogP contribution is -2.54. The summed E-state index contributed by atoms with van der Waals surface area (Å²) >= 11 is 0. The predicted molar refractivity (Wildman–Crippen MR) is 123 cm³/mol.